The number of hydrogen-bond acceptors (Lipinski definition) is 4. The summed E-state index contributed by atoms with van der Waals surface area (Å²) in [5, 5.41) is 13.6. The fraction of sp³-hybridized carbons (Fsp3) is 0.433. The molecule has 0 unspecified atom stereocenters. The van der Waals surface area contributed by atoms with Crippen LogP contribution in [0.1, 0.15) is 54.9 Å². The molecule has 1 aliphatic carbocycles. The van der Waals surface area contributed by atoms with E-state index in [0.717, 1.165) is 40.6 Å². The molecule has 2 heterocycles. The molecule has 0 spiro atoms. The average molecular weight is 501 g/mol. The van der Waals surface area contributed by atoms with Crippen molar-refractivity contribution in [2.75, 3.05) is 26.2 Å². The molecule has 2 aromatic carbocycles. The maximum absolute atomic E-state index is 14.1. The zero-order valence-electron chi connectivity index (χ0n) is 21.5. The van der Waals surface area contributed by atoms with Crippen molar-refractivity contribution in [3.8, 4) is 11.3 Å². The maximum Gasteiger partial charge on any atom is 0.407 e. The Kier molecular flexibility index (Phi) is 7.70. The molecule has 37 heavy (non-hydrogen) atoms. The maximum atomic E-state index is 14.1. The van der Waals surface area contributed by atoms with Crippen molar-refractivity contribution in [1.82, 2.24) is 20.1 Å². The van der Waals surface area contributed by atoms with Crippen LogP contribution in [0.15, 0.2) is 54.6 Å². The second kappa shape index (κ2) is 11.3. The topological polar surface area (TPSA) is 85.8 Å². The van der Waals surface area contributed by atoms with E-state index in [0.29, 0.717) is 44.2 Å². The van der Waals surface area contributed by atoms with E-state index in [1.54, 1.807) is 0 Å². The van der Waals surface area contributed by atoms with Crippen LogP contribution in [0.5, 0.6) is 0 Å². The number of pyridine rings is 1. The molecule has 2 N–H and O–H groups in total. The molecular weight excluding hydrogens is 464 g/mol. The van der Waals surface area contributed by atoms with Crippen molar-refractivity contribution in [3.63, 3.8) is 0 Å². The molecule has 5 rings (SSSR count). The molecule has 1 atom stereocenters. The summed E-state index contributed by atoms with van der Waals surface area (Å²) in [7, 11) is 0. The largest absolute Gasteiger partial charge is 0.465 e. The predicted octanol–water partition coefficient (Wildman–Crippen LogP) is 5.40. The molecule has 7 heteroatoms. The number of hydrogen-bond donors (Lipinski definition) is 2. The zero-order valence-corrected chi connectivity index (χ0v) is 21.5. The number of nitrogens with zero attached hydrogens (tertiary/aromatic N) is 3. The van der Waals surface area contributed by atoms with E-state index in [2.05, 4.69) is 17.1 Å². The summed E-state index contributed by atoms with van der Waals surface area (Å²) in [6.07, 6.45) is 5.19. The molecule has 3 aromatic rings. The summed E-state index contributed by atoms with van der Waals surface area (Å²) in [6, 6.07) is 18.0. The zero-order chi connectivity index (χ0) is 25.8. The van der Waals surface area contributed by atoms with Crippen molar-refractivity contribution in [2.24, 2.45) is 5.92 Å². The number of carboxylic acid groups (broad SMARTS) is 1. The minimum absolute atomic E-state index is 0.0481. The number of amides is 2. The Morgan fingerprint density at radius 2 is 1.65 bits per heavy atom. The smallest absolute Gasteiger partial charge is 0.407 e. The van der Waals surface area contributed by atoms with Gasteiger partial charge in [0.25, 0.3) is 5.91 Å². The number of aromatic nitrogens is 1. The Labute approximate surface area is 218 Å². The monoisotopic (exact) mass is 500 g/mol. The van der Waals surface area contributed by atoms with Crippen LogP contribution in [0.25, 0.3) is 22.2 Å². The van der Waals surface area contributed by atoms with Gasteiger partial charge in [0.05, 0.1) is 16.8 Å². The predicted molar refractivity (Wildman–Crippen MR) is 146 cm³/mol. The Hall–Kier alpha value is -3.45. The third-order valence-corrected chi connectivity index (χ3v) is 8.01. The SMILES string of the molecule is C[C@H](NC(=O)c1c(CN2CCN(C(=O)O)CC2)c(-c2ccccc2)nc2ccccc12)C1CCCCC1. The minimum atomic E-state index is -0.881. The van der Waals surface area contributed by atoms with E-state index in [-0.39, 0.29) is 11.9 Å². The molecule has 0 radical (unpaired) electrons. The standard InChI is InChI=1S/C30H36N4O3/c1-21(22-10-4-2-5-11-22)31-29(35)27-24-14-8-9-15-26(24)32-28(23-12-6-3-7-13-23)25(27)20-33-16-18-34(19-17-33)30(36)37/h3,6-9,12-15,21-22H,2,4-5,10-11,16-20H2,1H3,(H,31,35)(H,36,37)/t21-/m0/s1. The van der Waals surface area contributed by atoms with E-state index >= 15 is 0 Å². The molecule has 0 bridgehead atoms. The molecule has 7 nitrogen and oxygen atoms in total. The van der Waals surface area contributed by atoms with Crippen LogP contribution in [0.2, 0.25) is 0 Å². The third kappa shape index (κ3) is 5.62. The number of carbonyl (C=O) groups is 2. The van der Waals surface area contributed by atoms with Gasteiger partial charge in [-0.1, -0.05) is 67.8 Å². The van der Waals surface area contributed by atoms with E-state index in [4.69, 9.17) is 4.98 Å². The Morgan fingerprint density at radius 3 is 2.35 bits per heavy atom. The quantitative estimate of drug-likeness (QED) is 0.474. The molecular formula is C30H36N4O3. The highest BCUT2D eigenvalue weighted by atomic mass is 16.4. The molecule has 2 amide bonds. The van der Waals surface area contributed by atoms with E-state index in [1.807, 2.05) is 54.6 Å². The lowest BCUT2D eigenvalue weighted by molar-refractivity contribution is 0.0916. The highest BCUT2D eigenvalue weighted by molar-refractivity contribution is 6.09. The molecule has 1 saturated carbocycles. The summed E-state index contributed by atoms with van der Waals surface area (Å²) in [6.45, 7) is 4.82. The van der Waals surface area contributed by atoms with Gasteiger partial charge in [0.1, 0.15) is 0 Å². The van der Waals surface area contributed by atoms with Crippen LogP contribution in [0, 0.1) is 5.92 Å². The summed E-state index contributed by atoms with van der Waals surface area (Å²) >= 11 is 0. The van der Waals surface area contributed by atoms with Gasteiger partial charge in [0.2, 0.25) is 0 Å². The fourth-order valence-electron chi connectivity index (χ4n) is 5.85. The first kappa shape index (κ1) is 25.2. The van der Waals surface area contributed by atoms with Crippen molar-refractivity contribution in [3.05, 3.63) is 65.7 Å². The summed E-state index contributed by atoms with van der Waals surface area (Å²) in [5.41, 5.74) is 4.18. The normalized spacial score (nSPS) is 18.0. The molecule has 2 aliphatic rings. The van der Waals surface area contributed by atoms with Gasteiger partial charge in [0, 0.05) is 55.3 Å². The van der Waals surface area contributed by atoms with Gasteiger partial charge in [-0.2, -0.15) is 0 Å². The lowest BCUT2D eigenvalue weighted by Crippen LogP contribution is -2.48. The first-order chi connectivity index (χ1) is 18.0. The molecule has 2 fully saturated rings. The number of nitrogens with one attached hydrogen (secondary N) is 1. The van der Waals surface area contributed by atoms with E-state index in [1.165, 1.54) is 24.2 Å². The van der Waals surface area contributed by atoms with E-state index < -0.39 is 6.09 Å². The average Bonchev–Trinajstić information content (AvgIpc) is 2.93. The van der Waals surface area contributed by atoms with Gasteiger partial charge in [-0.25, -0.2) is 9.78 Å². The van der Waals surface area contributed by atoms with Crippen LogP contribution >= 0.6 is 0 Å². The highest BCUT2D eigenvalue weighted by Crippen LogP contribution is 2.32. The Balaban J connectivity index is 1.55. The van der Waals surface area contributed by atoms with Crippen LogP contribution in [0.4, 0.5) is 4.79 Å². The molecule has 1 aromatic heterocycles. The van der Waals surface area contributed by atoms with Gasteiger partial charge < -0.3 is 15.3 Å². The number of piperazine rings is 1. The van der Waals surface area contributed by atoms with Crippen molar-refractivity contribution in [2.45, 2.75) is 51.6 Å². The molecule has 1 saturated heterocycles. The van der Waals surface area contributed by atoms with Crippen molar-refractivity contribution >= 4 is 22.9 Å². The number of para-hydroxylation sites is 1. The van der Waals surface area contributed by atoms with Gasteiger partial charge in [-0.3, -0.25) is 9.69 Å². The van der Waals surface area contributed by atoms with Gasteiger partial charge in [-0.15, -0.1) is 0 Å². The van der Waals surface area contributed by atoms with Crippen molar-refractivity contribution in [1.29, 1.82) is 0 Å². The van der Waals surface area contributed by atoms with Crippen LogP contribution in [0.3, 0.4) is 0 Å². The molecule has 1 aliphatic heterocycles. The summed E-state index contributed by atoms with van der Waals surface area (Å²) in [5.74, 6) is 0.458. The second-order valence-electron chi connectivity index (χ2n) is 10.4. The first-order valence-corrected chi connectivity index (χ1v) is 13.5. The number of benzene rings is 2. The third-order valence-electron chi connectivity index (χ3n) is 8.01. The number of carbonyl (C=O) groups excluding carboxylic acids is 1. The van der Waals surface area contributed by atoms with Gasteiger partial charge in [0.15, 0.2) is 0 Å². The van der Waals surface area contributed by atoms with Crippen LogP contribution in [-0.2, 0) is 6.54 Å². The summed E-state index contributed by atoms with van der Waals surface area (Å²) in [4.78, 5) is 34.2. The van der Waals surface area contributed by atoms with Crippen LogP contribution in [-0.4, -0.2) is 64.1 Å². The van der Waals surface area contributed by atoms with Crippen LogP contribution < -0.4 is 5.32 Å². The Bertz CT molecular complexity index is 1250. The van der Waals surface area contributed by atoms with Crippen molar-refractivity contribution < 1.29 is 14.7 Å². The Morgan fingerprint density at radius 1 is 0.973 bits per heavy atom. The number of rotatable bonds is 6. The summed E-state index contributed by atoms with van der Waals surface area (Å²) < 4.78 is 0. The van der Waals surface area contributed by atoms with Gasteiger partial charge in [-0.05, 0) is 31.7 Å². The lowest BCUT2D eigenvalue weighted by Gasteiger charge is -2.34. The molecule has 194 valence electrons. The minimum Gasteiger partial charge on any atom is -0.465 e. The van der Waals surface area contributed by atoms with E-state index in [9.17, 15) is 14.7 Å². The fourth-order valence-corrected chi connectivity index (χ4v) is 5.85. The second-order valence-corrected chi connectivity index (χ2v) is 10.4. The highest BCUT2D eigenvalue weighted by Gasteiger charge is 2.28. The lowest BCUT2D eigenvalue weighted by atomic mass is 9.84. The first-order valence-electron chi connectivity index (χ1n) is 13.5. The number of fused-ring (bicyclic) bond motifs is 1. The van der Waals surface area contributed by atoms with Gasteiger partial charge >= 0.3 is 6.09 Å².